The van der Waals surface area contributed by atoms with Crippen molar-refractivity contribution in [1.82, 2.24) is 10.6 Å². The molecular weight excluding hydrogens is 262 g/mol. The van der Waals surface area contributed by atoms with Crippen LogP contribution in [0.15, 0.2) is 18.2 Å². The maximum absolute atomic E-state index is 11.8. The number of methoxy groups -OCH3 is 1. The van der Waals surface area contributed by atoms with E-state index in [1.165, 1.54) is 25.3 Å². The van der Waals surface area contributed by atoms with Crippen LogP contribution in [-0.2, 0) is 0 Å². The van der Waals surface area contributed by atoms with Crippen LogP contribution in [-0.4, -0.2) is 37.6 Å². The van der Waals surface area contributed by atoms with E-state index in [1.807, 2.05) is 0 Å². The summed E-state index contributed by atoms with van der Waals surface area (Å²) in [7, 11) is 1.35. The summed E-state index contributed by atoms with van der Waals surface area (Å²) in [6, 6.07) is 4.14. The number of carbonyl (C=O) groups is 1. The van der Waals surface area contributed by atoms with Crippen LogP contribution in [0.1, 0.15) is 23.7 Å². The highest BCUT2D eigenvalue weighted by Crippen LogP contribution is 2.27. The van der Waals surface area contributed by atoms with E-state index in [9.17, 15) is 14.9 Å². The smallest absolute Gasteiger partial charge is 0.311 e. The average molecular weight is 281 g/mol. The van der Waals surface area contributed by atoms with Gasteiger partial charge >= 0.3 is 5.69 Å². The van der Waals surface area contributed by atoms with E-state index in [4.69, 9.17) is 4.74 Å². The second-order valence-electron chi connectivity index (χ2n) is 4.15. The highest BCUT2D eigenvalue weighted by Gasteiger charge is 2.17. The Morgan fingerprint density at radius 1 is 1.35 bits per heavy atom. The van der Waals surface area contributed by atoms with E-state index in [2.05, 4.69) is 17.6 Å². The molecule has 1 aromatic rings. The van der Waals surface area contributed by atoms with Crippen molar-refractivity contribution in [3.8, 4) is 5.75 Å². The van der Waals surface area contributed by atoms with Crippen LogP contribution in [0.3, 0.4) is 0 Å². The molecule has 20 heavy (non-hydrogen) atoms. The standard InChI is InChI=1S/C13H19N3O4/c1-3-6-14-7-8-15-13(17)10-4-5-12(20-2)11(9-10)16(18)19/h4-5,9,14H,3,6-8H2,1-2H3,(H,15,17). The quantitative estimate of drug-likeness (QED) is 0.426. The first-order valence-electron chi connectivity index (χ1n) is 6.41. The summed E-state index contributed by atoms with van der Waals surface area (Å²) in [5.74, 6) is -0.204. The van der Waals surface area contributed by atoms with E-state index in [0.29, 0.717) is 13.1 Å². The number of amides is 1. The Balaban J connectivity index is 2.64. The van der Waals surface area contributed by atoms with E-state index in [-0.39, 0.29) is 22.9 Å². The van der Waals surface area contributed by atoms with Crippen LogP contribution in [0.2, 0.25) is 0 Å². The molecule has 1 aromatic carbocycles. The molecule has 0 aliphatic carbocycles. The number of carbonyl (C=O) groups excluding carboxylic acids is 1. The van der Waals surface area contributed by atoms with Gasteiger partial charge in [-0.25, -0.2) is 0 Å². The largest absolute Gasteiger partial charge is 0.490 e. The van der Waals surface area contributed by atoms with Crippen molar-refractivity contribution in [1.29, 1.82) is 0 Å². The first-order valence-corrected chi connectivity index (χ1v) is 6.41. The van der Waals surface area contributed by atoms with Gasteiger partial charge < -0.3 is 15.4 Å². The number of nitrogens with zero attached hydrogens (tertiary/aromatic N) is 1. The molecule has 1 rings (SSSR count). The lowest BCUT2D eigenvalue weighted by Crippen LogP contribution is -2.32. The molecule has 7 heteroatoms. The Labute approximate surface area is 117 Å². The van der Waals surface area contributed by atoms with Crippen LogP contribution >= 0.6 is 0 Å². The summed E-state index contributed by atoms with van der Waals surface area (Å²) in [5.41, 5.74) is 0.0252. The van der Waals surface area contributed by atoms with Gasteiger partial charge in [-0.05, 0) is 25.1 Å². The van der Waals surface area contributed by atoms with Crippen LogP contribution in [0.4, 0.5) is 5.69 Å². The maximum atomic E-state index is 11.8. The number of hydrogen-bond donors (Lipinski definition) is 2. The van der Waals surface area contributed by atoms with E-state index >= 15 is 0 Å². The second kappa shape index (κ2) is 8.11. The Bertz CT molecular complexity index is 477. The van der Waals surface area contributed by atoms with Crippen LogP contribution in [0.25, 0.3) is 0 Å². The molecule has 1 amide bonds. The molecule has 2 N–H and O–H groups in total. The van der Waals surface area contributed by atoms with Gasteiger partial charge in [-0.3, -0.25) is 14.9 Å². The fraction of sp³-hybridized carbons (Fsp3) is 0.462. The lowest BCUT2D eigenvalue weighted by Gasteiger charge is -2.07. The summed E-state index contributed by atoms with van der Waals surface area (Å²) in [6.07, 6.45) is 1.03. The third-order valence-electron chi connectivity index (χ3n) is 2.65. The van der Waals surface area contributed by atoms with Crippen LogP contribution in [0, 0.1) is 10.1 Å². The van der Waals surface area contributed by atoms with Gasteiger partial charge in [0, 0.05) is 24.7 Å². The molecule has 110 valence electrons. The van der Waals surface area contributed by atoms with Crippen molar-refractivity contribution in [2.75, 3.05) is 26.7 Å². The summed E-state index contributed by atoms with van der Waals surface area (Å²) in [4.78, 5) is 22.2. The lowest BCUT2D eigenvalue weighted by atomic mass is 10.1. The minimum Gasteiger partial charge on any atom is -0.490 e. The Morgan fingerprint density at radius 3 is 2.70 bits per heavy atom. The predicted octanol–water partition coefficient (Wildman–Crippen LogP) is 1.33. The number of nitro groups is 1. The summed E-state index contributed by atoms with van der Waals surface area (Å²) >= 11 is 0. The molecule has 0 aromatic heterocycles. The monoisotopic (exact) mass is 281 g/mol. The van der Waals surface area contributed by atoms with Crippen molar-refractivity contribution in [3.63, 3.8) is 0 Å². The third kappa shape index (κ3) is 4.51. The fourth-order valence-electron chi connectivity index (χ4n) is 1.64. The van der Waals surface area contributed by atoms with Gasteiger partial charge in [0.15, 0.2) is 5.75 Å². The van der Waals surface area contributed by atoms with Crippen molar-refractivity contribution < 1.29 is 14.5 Å². The molecule has 0 saturated carbocycles. The summed E-state index contributed by atoms with van der Waals surface area (Å²) in [6.45, 7) is 4.09. The molecule has 0 bridgehead atoms. The zero-order valence-electron chi connectivity index (χ0n) is 11.6. The zero-order valence-corrected chi connectivity index (χ0v) is 11.6. The van der Waals surface area contributed by atoms with Gasteiger partial charge in [0.1, 0.15) is 0 Å². The minimum atomic E-state index is -0.571. The van der Waals surface area contributed by atoms with Crippen LogP contribution in [0.5, 0.6) is 5.75 Å². The van der Waals surface area contributed by atoms with Crippen molar-refractivity contribution in [2.24, 2.45) is 0 Å². The van der Waals surface area contributed by atoms with Gasteiger partial charge in [0.2, 0.25) is 0 Å². The number of ether oxygens (including phenoxy) is 1. The third-order valence-corrected chi connectivity index (χ3v) is 2.65. The number of benzene rings is 1. The highest BCUT2D eigenvalue weighted by molar-refractivity contribution is 5.95. The molecular formula is C13H19N3O4. The van der Waals surface area contributed by atoms with Crippen molar-refractivity contribution in [2.45, 2.75) is 13.3 Å². The Kier molecular flexibility index (Phi) is 6.45. The van der Waals surface area contributed by atoms with Crippen LogP contribution < -0.4 is 15.4 Å². The molecule has 0 fully saturated rings. The maximum Gasteiger partial charge on any atom is 0.311 e. The molecule has 0 heterocycles. The highest BCUT2D eigenvalue weighted by atomic mass is 16.6. The number of hydrogen-bond acceptors (Lipinski definition) is 5. The number of nitrogens with one attached hydrogen (secondary N) is 2. The van der Waals surface area contributed by atoms with Gasteiger partial charge in [0.05, 0.1) is 12.0 Å². The van der Waals surface area contributed by atoms with Gasteiger partial charge in [-0.15, -0.1) is 0 Å². The molecule has 0 saturated heterocycles. The molecule has 0 unspecified atom stereocenters. The SMILES string of the molecule is CCCNCCNC(=O)c1ccc(OC)c([N+](=O)[O-])c1. The molecule has 0 radical (unpaired) electrons. The molecule has 0 aliphatic heterocycles. The van der Waals surface area contributed by atoms with Crippen molar-refractivity contribution >= 4 is 11.6 Å². The summed E-state index contributed by atoms with van der Waals surface area (Å²) in [5, 5.41) is 16.7. The number of nitro benzene ring substituents is 1. The Morgan fingerprint density at radius 2 is 2.10 bits per heavy atom. The van der Waals surface area contributed by atoms with E-state index in [1.54, 1.807) is 0 Å². The first kappa shape index (κ1) is 15.9. The Hall–Kier alpha value is -2.15. The van der Waals surface area contributed by atoms with Crippen molar-refractivity contribution in [3.05, 3.63) is 33.9 Å². The van der Waals surface area contributed by atoms with Gasteiger partial charge in [-0.1, -0.05) is 6.92 Å². The molecule has 0 aliphatic rings. The fourth-order valence-corrected chi connectivity index (χ4v) is 1.64. The lowest BCUT2D eigenvalue weighted by molar-refractivity contribution is -0.385. The minimum absolute atomic E-state index is 0.135. The number of rotatable bonds is 8. The second-order valence-corrected chi connectivity index (χ2v) is 4.15. The van der Waals surface area contributed by atoms with E-state index in [0.717, 1.165) is 13.0 Å². The van der Waals surface area contributed by atoms with Gasteiger partial charge in [-0.2, -0.15) is 0 Å². The topological polar surface area (TPSA) is 93.5 Å². The van der Waals surface area contributed by atoms with E-state index < -0.39 is 4.92 Å². The average Bonchev–Trinajstić information content (AvgIpc) is 2.46. The normalized spacial score (nSPS) is 10.1. The molecule has 7 nitrogen and oxygen atoms in total. The molecule has 0 spiro atoms. The first-order chi connectivity index (χ1) is 9.60. The predicted molar refractivity (Wildman–Crippen MR) is 75.1 cm³/mol. The summed E-state index contributed by atoms with van der Waals surface area (Å²) < 4.78 is 4.88. The zero-order chi connectivity index (χ0) is 15.0. The molecule has 0 atom stereocenters. The van der Waals surface area contributed by atoms with Gasteiger partial charge in [0.25, 0.3) is 5.91 Å².